The summed E-state index contributed by atoms with van der Waals surface area (Å²) < 4.78 is 38.9. The molecule has 2 aromatic rings. The first kappa shape index (κ1) is 15.9. The number of halogens is 3. The number of hydrogen-bond donors (Lipinski definition) is 0. The Balaban J connectivity index is 0.00000162. The molecule has 0 unspecified atom stereocenters. The fourth-order valence-corrected chi connectivity index (χ4v) is 1.60. The molecule has 0 amide bonds. The molecule has 0 saturated carbocycles. The summed E-state index contributed by atoms with van der Waals surface area (Å²) >= 11 is 0. The van der Waals surface area contributed by atoms with Crippen molar-refractivity contribution in [1.29, 1.82) is 0 Å². The van der Waals surface area contributed by atoms with Gasteiger partial charge in [-0.25, -0.2) is 4.98 Å². The summed E-state index contributed by atoms with van der Waals surface area (Å²) in [5.74, 6) is 0.384. The molecule has 0 bridgehead atoms. The van der Waals surface area contributed by atoms with E-state index >= 15 is 0 Å². The molecule has 90 valence electrons. The molecule has 1 aromatic carbocycles. The summed E-state index contributed by atoms with van der Waals surface area (Å²) in [6.45, 7) is -3.49. The fourth-order valence-electron chi connectivity index (χ4n) is 1.60. The minimum absolute atomic E-state index is 0. The molecular weight excluding hydrogens is 271 g/mol. The summed E-state index contributed by atoms with van der Waals surface area (Å²) in [4.78, 5) is 15.7. The molecule has 3 nitrogen and oxygen atoms in total. The van der Waals surface area contributed by atoms with E-state index in [1.54, 1.807) is 6.92 Å². The van der Waals surface area contributed by atoms with Crippen LogP contribution in [0.4, 0.5) is 12.9 Å². The van der Waals surface area contributed by atoms with E-state index in [0.717, 1.165) is 12.1 Å². The predicted octanol–water partition coefficient (Wildman–Crippen LogP) is -1.70. The maximum atomic E-state index is 12.5. The van der Waals surface area contributed by atoms with Gasteiger partial charge in [0.25, 0.3) is 5.56 Å². The first-order valence-corrected chi connectivity index (χ1v) is 4.98. The SMILES string of the molecule is Cc1nc2cc([B-](F)(F)F)ccc2c(=O)n1C.[K+]. The van der Waals surface area contributed by atoms with Crippen LogP contribution in [-0.4, -0.2) is 16.5 Å². The Morgan fingerprint density at radius 3 is 2.44 bits per heavy atom. The van der Waals surface area contributed by atoms with Gasteiger partial charge in [0.2, 0.25) is 0 Å². The van der Waals surface area contributed by atoms with E-state index in [1.807, 2.05) is 0 Å². The van der Waals surface area contributed by atoms with Crippen molar-refractivity contribution in [3.8, 4) is 0 Å². The normalized spacial score (nSPS) is 11.4. The van der Waals surface area contributed by atoms with Crippen LogP contribution >= 0.6 is 0 Å². The van der Waals surface area contributed by atoms with Gasteiger partial charge >= 0.3 is 58.4 Å². The van der Waals surface area contributed by atoms with E-state index < -0.39 is 12.4 Å². The summed E-state index contributed by atoms with van der Waals surface area (Å²) in [5, 5.41) is 0.196. The van der Waals surface area contributed by atoms with Crippen LogP contribution in [0.3, 0.4) is 0 Å². The Morgan fingerprint density at radius 1 is 1.28 bits per heavy atom. The fraction of sp³-hybridized carbons (Fsp3) is 0.200. The van der Waals surface area contributed by atoms with E-state index in [1.165, 1.54) is 17.7 Å². The van der Waals surface area contributed by atoms with Gasteiger partial charge in [0.1, 0.15) is 5.82 Å². The average molecular weight is 280 g/mol. The predicted molar refractivity (Wildman–Crippen MR) is 60.4 cm³/mol. The third kappa shape index (κ3) is 2.88. The second kappa shape index (κ2) is 5.46. The maximum absolute atomic E-state index is 12.5. The van der Waals surface area contributed by atoms with Gasteiger partial charge in [-0.2, -0.15) is 0 Å². The molecule has 1 aromatic heterocycles. The molecule has 0 fully saturated rings. The summed E-state index contributed by atoms with van der Waals surface area (Å²) in [7, 11) is 1.53. The van der Waals surface area contributed by atoms with Gasteiger partial charge in [-0.1, -0.05) is 18.2 Å². The zero-order valence-corrected chi connectivity index (χ0v) is 13.4. The van der Waals surface area contributed by atoms with Crippen molar-refractivity contribution in [3.05, 3.63) is 34.4 Å². The summed E-state index contributed by atoms with van der Waals surface area (Å²) in [5.41, 5.74) is -0.992. The molecule has 0 radical (unpaired) electrons. The molecule has 0 N–H and O–H groups in total. The van der Waals surface area contributed by atoms with Crippen molar-refractivity contribution in [2.24, 2.45) is 7.05 Å². The second-order valence-electron chi connectivity index (χ2n) is 3.87. The van der Waals surface area contributed by atoms with E-state index in [4.69, 9.17) is 0 Å². The molecule has 18 heavy (non-hydrogen) atoms. The minimum Gasteiger partial charge on any atom is -0.445 e. The second-order valence-corrected chi connectivity index (χ2v) is 3.87. The Kier molecular flexibility index (Phi) is 4.82. The van der Waals surface area contributed by atoms with Crippen LogP contribution in [0.2, 0.25) is 0 Å². The average Bonchev–Trinajstić information content (AvgIpc) is 2.24. The Morgan fingerprint density at radius 2 is 1.89 bits per heavy atom. The molecule has 0 saturated heterocycles. The van der Waals surface area contributed by atoms with Crippen LogP contribution in [0.5, 0.6) is 0 Å². The molecule has 0 atom stereocenters. The number of aromatic nitrogens is 2. The summed E-state index contributed by atoms with van der Waals surface area (Å²) in [6.07, 6.45) is 0. The van der Waals surface area contributed by atoms with Gasteiger partial charge < -0.3 is 12.9 Å². The third-order valence-electron chi connectivity index (χ3n) is 2.70. The van der Waals surface area contributed by atoms with Crippen molar-refractivity contribution in [2.45, 2.75) is 6.92 Å². The number of hydrogen-bond acceptors (Lipinski definition) is 2. The molecule has 0 aliphatic rings. The number of rotatable bonds is 1. The van der Waals surface area contributed by atoms with Gasteiger partial charge in [0.15, 0.2) is 0 Å². The van der Waals surface area contributed by atoms with Crippen LogP contribution in [0.25, 0.3) is 10.9 Å². The smallest absolute Gasteiger partial charge is 0.445 e. The maximum Gasteiger partial charge on any atom is 1.00 e. The van der Waals surface area contributed by atoms with Crippen molar-refractivity contribution in [2.75, 3.05) is 0 Å². The Hall–Kier alpha value is -0.149. The number of nitrogens with zero attached hydrogens (tertiary/aromatic N) is 2. The molecular formula is C10H9BF3KN2O. The first-order valence-electron chi connectivity index (χ1n) is 4.98. The zero-order chi connectivity index (χ0) is 12.8. The molecule has 2 rings (SSSR count). The number of fused-ring (bicyclic) bond motifs is 1. The van der Waals surface area contributed by atoms with Crippen molar-refractivity contribution < 1.29 is 64.3 Å². The minimum atomic E-state index is -5.07. The number of benzene rings is 1. The zero-order valence-electron chi connectivity index (χ0n) is 10.2. The Bertz CT molecular complexity index is 654. The first-order chi connectivity index (χ1) is 7.80. The largest absolute Gasteiger partial charge is 1.00 e. The molecule has 0 aliphatic carbocycles. The molecule has 1 heterocycles. The van der Waals surface area contributed by atoms with Gasteiger partial charge in [0.05, 0.1) is 10.9 Å². The van der Waals surface area contributed by atoms with E-state index in [0.29, 0.717) is 5.82 Å². The van der Waals surface area contributed by atoms with E-state index in [9.17, 15) is 17.7 Å². The van der Waals surface area contributed by atoms with Gasteiger partial charge in [-0.05, 0) is 6.92 Å². The molecule has 0 spiro atoms. The van der Waals surface area contributed by atoms with Crippen LogP contribution in [0.1, 0.15) is 5.82 Å². The van der Waals surface area contributed by atoms with Crippen molar-refractivity contribution in [1.82, 2.24) is 9.55 Å². The number of aryl methyl sites for hydroxylation is 1. The quantitative estimate of drug-likeness (QED) is 0.584. The Labute approximate surface area is 144 Å². The topological polar surface area (TPSA) is 34.9 Å². The van der Waals surface area contributed by atoms with Gasteiger partial charge in [0, 0.05) is 7.05 Å². The van der Waals surface area contributed by atoms with E-state index in [-0.39, 0.29) is 67.8 Å². The van der Waals surface area contributed by atoms with Crippen LogP contribution in [0.15, 0.2) is 23.0 Å². The van der Waals surface area contributed by atoms with Crippen LogP contribution in [-0.2, 0) is 7.05 Å². The van der Waals surface area contributed by atoms with E-state index in [2.05, 4.69) is 4.98 Å². The standard InChI is InChI=1S/C10H9BF3N2O.K/c1-6-15-9-5-7(11(12,13)14)3-4-8(9)10(17)16(6)2;/h3-5H,1-2H3;/q-1;+1. The van der Waals surface area contributed by atoms with Crippen molar-refractivity contribution >= 4 is 23.3 Å². The molecule has 8 heteroatoms. The summed E-state index contributed by atoms with van der Waals surface area (Å²) in [6, 6.07) is 3.01. The monoisotopic (exact) mass is 280 g/mol. The van der Waals surface area contributed by atoms with Crippen LogP contribution in [0, 0.1) is 6.92 Å². The molecule has 0 aliphatic heterocycles. The van der Waals surface area contributed by atoms with Gasteiger partial charge in [-0.3, -0.25) is 9.36 Å². The van der Waals surface area contributed by atoms with Crippen molar-refractivity contribution in [3.63, 3.8) is 0 Å². The van der Waals surface area contributed by atoms with Gasteiger partial charge in [-0.15, -0.1) is 5.46 Å². The third-order valence-corrected chi connectivity index (χ3v) is 2.70. The van der Waals surface area contributed by atoms with Crippen LogP contribution < -0.4 is 62.4 Å².